The van der Waals surface area contributed by atoms with E-state index in [1.54, 1.807) is 0 Å². The molecular weight excluding hydrogens is 240 g/mol. The Morgan fingerprint density at radius 3 is 2.39 bits per heavy atom. The normalized spacial score (nSPS) is 22.9. The second-order valence-corrected chi connectivity index (χ2v) is 6.22. The van der Waals surface area contributed by atoms with Gasteiger partial charge in [-0.15, -0.1) is 11.8 Å². The molecule has 1 saturated carbocycles. The molecule has 18 heavy (non-hydrogen) atoms. The lowest BCUT2D eigenvalue weighted by Crippen LogP contribution is -2.45. The van der Waals surface area contributed by atoms with Crippen LogP contribution >= 0.6 is 11.8 Å². The third-order valence-electron chi connectivity index (χ3n) is 4.07. The summed E-state index contributed by atoms with van der Waals surface area (Å²) in [6.07, 6.45) is 4.97. The highest BCUT2D eigenvalue weighted by Crippen LogP contribution is 2.44. The van der Waals surface area contributed by atoms with Crippen LogP contribution in [0.25, 0.3) is 0 Å². The fourth-order valence-corrected chi connectivity index (χ4v) is 3.36. The third-order valence-corrected chi connectivity index (χ3v) is 4.81. The highest BCUT2D eigenvalue weighted by Gasteiger charge is 2.36. The molecule has 1 aromatic carbocycles. The Morgan fingerprint density at radius 1 is 1.17 bits per heavy atom. The molecule has 2 fully saturated rings. The van der Waals surface area contributed by atoms with Gasteiger partial charge in [-0.2, -0.15) is 0 Å². The Labute approximate surface area is 114 Å². The third kappa shape index (κ3) is 2.73. The van der Waals surface area contributed by atoms with Gasteiger partial charge in [0.2, 0.25) is 0 Å². The van der Waals surface area contributed by atoms with E-state index in [0.717, 1.165) is 19.0 Å². The second kappa shape index (κ2) is 5.64. The molecule has 1 atom stereocenters. The van der Waals surface area contributed by atoms with Crippen LogP contribution in [-0.4, -0.2) is 37.3 Å². The lowest BCUT2D eigenvalue weighted by molar-refractivity contribution is 0.156. The molecule has 0 amide bonds. The standard InChI is InChI=1S/C15H22N2S/c1-18-14-6-4-13(5-7-14)15(12-2-3-12)17-10-8-16-9-11-17/h4-7,12,15-16H,2-3,8-11H2,1H3/t15-/m0/s1. The summed E-state index contributed by atoms with van der Waals surface area (Å²) in [5.74, 6) is 0.906. The van der Waals surface area contributed by atoms with Gasteiger partial charge in [-0.3, -0.25) is 4.90 Å². The summed E-state index contributed by atoms with van der Waals surface area (Å²) in [4.78, 5) is 4.05. The Kier molecular flexibility index (Phi) is 3.92. The molecular formula is C15H22N2S. The Hall–Kier alpha value is -0.510. The number of benzene rings is 1. The second-order valence-electron chi connectivity index (χ2n) is 5.34. The van der Waals surface area contributed by atoms with Crippen LogP contribution in [0.4, 0.5) is 0 Å². The van der Waals surface area contributed by atoms with Crippen molar-refractivity contribution in [2.45, 2.75) is 23.8 Å². The highest BCUT2D eigenvalue weighted by atomic mass is 32.2. The maximum Gasteiger partial charge on any atom is 0.0377 e. The average Bonchev–Trinajstić information content (AvgIpc) is 3.26. The fourth-order valence-electron chi connectivity index (χ4n) is 2.95. The molecule has 1 aromatic rings. The largest absolute Gasteiger partial charge is 0.314 e. The van der Waals surface area contributed by atoms with Crippen molar-refractivity contribution in [1.82, 2.24) is 10.2 Å². The first-order valence-electron chi connectivity index (χ1n) is 6.97. The highest BCUT2D eigenvalue weighted by molar-refractivity contribution is 7.98. The molecule has 1 aliphatic carbocycles. The lowest BCUT2D eigenvalue weighted by atomic mass is 10.00. The minimum Gasteiger partial charge on any atom is -0.314 e. The summed E-state index contributed by atoms with van der Waals surface area (Å²) in [6, 6.07) is 9.91. The van der Waals surface area contributed by atoms with Crippen molar-refractivity contribution in [2.24, 2.45) is 5.92 Å². The number of thioether (sulfide) groups is 1. The zero-order chi connectivity index (χ0) is 12.4. The van der Waals surface area contributed by atoms with E-state index in [0.29, 0.717) is 6.04 Å². The quantitative estimate of drug-likeness (QED) is 0.840. The summed E-state index contributed by atoms with van der Waals surface area (Å²) in [5.41, 5.74) is 1.53. The maximum absolute atomic E-state index is 3.45. The Bertz CT molecular complexity index is 380. The monoisotopic (exact) mass is 262 g/mol. The molecule has 3 heteroatoms. The van der Waals surface area contributed by atoms with E-state index in [1.807, 2.05) is 11.8 Å². The van der Waals surface area contributed by atoms with Crippen molar-refractivity contribution in [2.75, 3.05) is 32.4 Å². The van der Waals surface area contributed by atoms with Crippen LogP contribution in [0.3, 0.4) is 0 Å². The lowest BCUT2D eigenvalue weighted by Gasteiger charge is -2.35. The van der Waals surface area contributed by atoms with Gasteiger partial charge in [0.25, 0.3) is 0 Å². The number of hydrogen-bond acceptors (Lipinski definition) is 3. The average molecular weight is 262 g/mol. The van der Waals surface area contributed by atoms with Crippen molar-refractivity contribution in [1.29, 1.82) is 0 Å². The van der Waals surface area contributed by atoms with Crippen LogP contribution in [0.15, 0.2) is 29.2 Å². The van der Waals surface area contributed by atoms with E-state index in [-0.39, 0.29) is 0 Å². The summed E-state index contributed by atoms with van der Waals surface area (Å²) in [7, 11) is 0. The SMILES string of the molecule is CSc1ccc([C@H](C2CC2)N2CCNCC2)cc1. The Morgan fingerprint density at radius 2 is 1.83 bits per heavy atom. The van der Waals surface area contributed by atoms with Gasteiger partial charge in [0, 0.05) is 37.1 Å². The summed E-state index contributed by atoms with van der Waals surface area (Å²) >= 11 is 1.83. The predicted octanol–water partition coefficient (Wildman–Crippen LogP) is 2.76. The molecule has 0 spiro atoms. The van der Waals surface area contributed by atoms with Gasteiger partial charge >= 0.3 is 0 Å². The van der Waals surface area contributed by atoms with E-state index in [4.69, 9.17) is 0 Å². The van der Waals surface area contributed by atoms with E-state index < -0.39 is 0 Å². The van der Waals surface area contributed by atoms with Crippen molar-refractivity contribution >= 4 is 11.8 Å². The van der Waals surface area contributed by atoms with Gasteiger partial charge < -0.3 is 5.32 Å². The van der Waals surface area contributed by atoms with Gasteiger partial charge in [0.05, 0.1) is 0 Å². The van der Waals surface area contributed by atoms with Gasteiger partial charge in [-0.1, -0.05) is 12.1 Å². The molecule has 2 aliphatic rings. The molecule has 3 rings (SSSR count). The van der Waals surface area contributed by atoms with E-state index >= 15 is 0 Å². The van der Waals surface area contributed by atoms with Crippen LogP contribution in [-0.2, 0) is 0 Å². The summed E-state index contributed by atoms with van der Waals surface area (Å²) in [6.45, 7) is 4.69. The molecule has 2 nitrogen and oxygen atoms in total. The fraction of sp³-hybridized carbons (Fsp3) is 0.600. The first kappa shape index (κ1) is 12.5. The van der Waals surface area contributed by atoms with Crippen LogP contribution in [0.2, 0.25) is 0 Å². The van der Waals surface area contributed by atoms with E-state index in [9.17, 15) is 0 Å². The van der Waals surface area contributed by atoms with Gasteiger partial charge in [0.15, 0.2) is 0 Å². The topological polar surface area (TPSA) is 15.3 Å². The molecule has 1 saturated heterocycles. The molecule has 98 valence electrons. The van der Waals surface area contributed by atoms with Gasteiger partial charge in [-0.25, -0.2) is 0 Å². The van der Waals surface area contributed by atoms with Crippen molar-refractivity contribution in [3.63, 3.8) is 0 Å². The molecule has 1 aliphatic heterocycles. The zero-order valence-corrected chi connectivity index (χ0v) is 11.9. The molecule has 0 radical (unpaired) electrons. The number of nitrogens with one attached hydrogen (secondary N) is 1. The molecule has 1 N–H and O–H groups in total. The molecule has 1 heterocycles. The van der Waals surface area contributed by atoms with E-state index in [2.05, 4.69) is 40.7 Å². The van der Waals surface area contributed by atoms with Crippen LogP contribution in [0.1, 0.15) is 24.4 Å². The van der Waals surface area contributed by atoms with Crippen LogP contribution < -0.4 is 5.32 Å². The maximum atomic E-state index is 3.45. The first-order valence-corrected chi connectivity index (χ1v) is 8.19. The number of hydrogen-bond donors (Lipinski definition) is 1. The minimum atomic E-state index is 0.669. The van der Waals surface area contributed by atoms with Gasteiger partial charge in [0.1, 0.15) is 0 Å². The predicted molar refractivity (Wildman–Crippen MR) is 78.1 cm³/mol. The minimum absolute atomic E-state index is 0.669. The Balaban J connectivity index is 1.79. The smallest absolute Gasteiger partial charge is 0.0377 e. The van der Waals surface area contributed by atoms with Crippen molar-refractivity contribution < 1.29 is 0 Å². The van der Waals surface area contributed by atoms with Crippen LogP contribution in [0.5, 0.6) is 0 Å². The van der Waals surface area contributed by atoms with E-state index in [1.165, 1.54) is 36.4 Å². The first-order chi connectivity index (χ1) is 8.88. The molecule has 0 aromatic heterocycles. The number of piperazine rings is 1. The van der Waals surface area contributed by atoms with Crippen LogP contribution in [0, 0.1) is 5.92 Å². The van der Waals surface area contributed by atoms with Crippen molar-refractivity contribution in [3.05, 3.63) is 29.8 Å². The summed E-state index contributed by atoms with van der Waals surface area (Å²) in [5, 5.41) is 3.45. The molecule has 0 bridgehead atoms. The van der Waals surface area contributed by atoms with Gasteiger partial charge in [-0.05, 0) is 42.7 Å². The summed E-state index contributed by atoms with van der Waals surface area (Å²) < 4.78 is 0. The number of nitrogens with zero attached hydrogens (tertiary/aromatic N) is 1. The van der Waals surface area contributed by atoms with Crippen molar-refractivity contribution in [3.8, 4) is 0 Å². The molecule has 0 unspecified atom stereocenters. The number of rotatable bonds is 4. The zero-order valence-electron chi connectivity index (χ0n) is 11.1.